The first-order valence-electron chi connectivity index (χ1n) is 3.42. The van der Waals surface area contributed by atoms with E-state index in [1.165, 1.54) is 11.9 Å². The number of imide groups is 1. The van der Waals surface area contributed by atoms with E-state index in [2.05, 4.69) is 0 Å². The highest BCUT2D eigenvalue weighted by Gasteiger charge is 2.11. The molecule has 2 amide bonds. The van der Waals surface area contributed by atoms with Crippen LogP contribution >= 0.6 is 0 Å². The Morgan fingerprint density at radius 3 is 1.60 bits per heavy atom. The van der Waals surface area contributed by atoms with Crippen molar-refractivity contribution in [3.05, 3.63) is 0 Å². The SMILES string of the molecule is CCC(=O)N(C)C(=O)CC. The third-order valence-corrected chi connectivity index (χ3v) is 1.35. The molecule has 0 aromatic carbocycles. The van der Waals surface area contributed by atoms with Crippen LogP contribution in [-0.2, 0) is 9.59 Å². The molecule has 10 heavy (non-hydrogen) atoms. The van der Waals surface area contributed by atoms with E-state index in [0.717, 1.165) is 0 Å². The van der Waals surface area contributed by atoms with Crippen molar-refractivity contribution >= 4 is 11.8 Å². The molecule has 58 valence electrons. The molecule has 0 atom stereocenters. The fourth-order valence-corrected chi connectivity index (χ4v) is 0.613. The Bertz CT molecular complexity index is 127. The summed E-state index contributed by atoms with van der Waals surface area (Å²) < 4.78 is 0. The fourth-order valence-electron chi connectivity index (χ4n) is 0.613. The molecule has 3 nitrogen and oxygen atoms in total. The first-order valence-corrected chi connectivity index (χ1v) is 3.42. The average molecular weight is 143 g/mol. The average Bonchev–Trinajstić information content (AvgIpc) is 2.00. The Balaban J connectivity index is 3.94. The molecule has 0 bridgehead atoms. The van der Waals surface area contributed by atoms with Crippen LogP contribution in [0.4, 0.5) is 0 Å². The van der Waals surface area contributed by atoms with Crippen molar-refractivity contribution in [2.24, 2.45) is 0 Å². The van der Waals surface area contributed by atoms with Crippen molar-refractivity contribution in [1.82, 2.24) is 4.90 Å². The van der Waals surface area contributed by atoms with Gasteiger partial charge in [0.05, 0.1) is 0 Å². The zero-order chi connectivity index (χ0) is 8.15. The van der Waals surface area contributed by atoms with Crippen molar-refractivity contribution in [2.45, 2.75) is 26.7 Å². The standard InChI is InChI=1S/C7H13NO2/c1-4-6(9)8(3)7(10)5-2/h4-5H2,1-3H3. The predicted molar refractivity (Wildman–Crippen MR) is 38.4 cm³/mol. The smallest absolute Gasteiger partial charge is 0.228 e. The maximum absolute atomic E-state index is 10.8. The Labute approximate surface area is 61.0 Å². The maximum Gasteiger partial charge on any atom is 0.228 e. The minimum absolute atomic E-state index is 0.119. The highest BCUT2D eigenvalue weighted by atomic mass is 16.2. The predicted octanol–water partition coefficient (Wildman–Crippen LogP) is 0.791. The molecule has 0 radical (unpaired) electrons. The number of carbonyl (C=O) groups is 2. The highest BCUT2D eigenvalue weighted by molar-refractivity contribution is 5.94. The number of hydrogen-bond donors (Lipinski definition) is 0. The molecule has 0 aliphatic heterocycles. The third kappa shape index (κ3) is 2.17. The van der Waals surface area contributed by atoms with Gasteiger partial charge in [0, 0.05) is 19.9 Å². The first kappa shape index (κ1) is 9.14. The Kier molecular flexibility index (Phi) is 3.69. The molecular weight excluding hydrogens is 130 g/mol. The van der Waals surface area contributed by atoms with E-state index in [9.17, 15) is 9.59 Å². The van der Waals surface area contributed by atoms with Gasteiger partial charge in [0.25, 0.3) is 0 Å². The lowest BCUT2D eigenvalue weighted by atomic mass is 10.3. The van der Waals surface area contributed by atoms with Gasteiger partial charge in [0.1, 0.15) is 0 Å². The fraction of sp³-hybridized carbons (Fsp3) is 0.714. The Morgan fingerprint density at radius 1 is 1.10 bits per heavy atom. The van der Waals surface area contributed by atoms with Gasteiger partial charge >= 0.3 is 0 Å². The normalized spacial score (nSPS) is 9.10. The molecule has 0 rings (SSSR count). The largest absolute Gasteiger partial charge is 0.286 e. The van der Waals surface area contributed by atoms with Crippen LogP contribution in [0.25, 0.3) is 0 Å². The van der Waals surface area contributed by atoms with Gasteiger partial charge in [-0.1, -0.05) is 13.8 Å². The minimum atomic E-state index is -0.119. The van der Waals surface area contributed by atoms with Crippen molar-refractivity contribution < 1.29 is 9.59 Å². The number of amides is 2. The summed E-state index contributed by atoms with van der Waals surface area (Å²) in [4.78, 5) is 22.8. The molecular formula is C7H13NO2. The lowest BCUT2D eigenvalue weighted by molar-refractivity contribution is -0.142. The number of rotatable bonds is 2. The van der Waals surface area contributed by atoms with E-state index in [1.807, 2.05) is 0 Å². The monoisotopic (exact) mass is 143 g/mol. The summed E-state index contributed by atoms with van der Waals surface area (Å²) in [7, 11) is 1.51. The second-order valence-electron chi connectivity index (χ2n) is 2.05. The topological polar surface area (TPSA) is 37.4 Å². The van der Waals surface area contributed by atoms with Gasteiger partial charge in [0.15, 0.2) is 0 Å². The van der Waals surface area contributed by atoms with Crippen LogP contribution in [0.5, 0.6) is 0 Å². The Morgan fingerprint density at radius 2 is 1.40 bits per heavy atom. The van der Waals surface area contributed by atoms with Crippen molar-refractivity contribution in [3.63, 3.8) is 0 Å². The van der Waals surface area contributed by atoms with Crippen LogP contribution in [-0.4, -0.2) is 23.8 Å². The molecule has 3 heteroatoms. The number of nitrogens with zero attached hydrogens (tertiary/aromatic N) is 1. The lowest BCUT2D eigenvalue weighted by Crippen LogP contribution is -2.31. The summed E-state index contributed by atoms with van der Waals surface area (Å²) in [5.41, 5.74) is 0. The molecule has 0 saturated heterocycles. The van der Waals surface area contributed by atoms with Gasteiger partial charge in [0.2, 0.25) is 11.8 Å². The van der Waals surface area contributed by atoms with Gasteiger partial charge in [-0.25, -0.2) is 0 Å². The molecule has 0 aliphatic carbocycles. The van der Waals surface area contributed by atoms with Crippen molar-refractivity contribution in [2.75, 3.05) is 7.05 Å². The molecule has 0 heterocycles. The zero-order valence-electron chi connectivity index (χ0n) is 6.68. The zero-order valence-corrected chi connectivity index (χ0v) is 6.68. The van der Waals surface area contributed by atoms with Gasteiger partial charge in [-0.3, -0.25) is 14.5 Å². The molecule has 0 aromatic heterocycles. The summed E-state index contributed by atoms with van der Waals surface area (Å²) in [6.45, 7) is 3.48. The Hall–Kier alpha value is -0.860. The van der Waals surface area contributed by atoms with E-state index in [1.54, 1.807) is 13.8 Å². The van der Waals surface area contributed by atoms with Crippen LogP contribution in [0.2, 0.25) is 0 Å². The van der Waals surface area contributed by atoms with E-state index >= 15 is 0 Å². The van der Waals surface area contributed by atoms with Crippen LogP contribution in [0.15, 0.2) is 0 Å². The van der Waals surface area contributed by atoms with Crippen LogP contribution in [0.3, 0.4) is 0 Å². The van der Waals surface area contributed by atoms with Gasteiger partial charge in [-0.15, -0.1) is 0 Å². The first-order chi connectivity index (χ1) is 4.63. The van der Waals surface area contributed by atoms with Crippen LogP contribution in [0, 0.1) is 0 Å². The van der Waals surface area contributed by atoms with Gasteiger partial charge in [-0.05, 0) is 0 Å². The van der Waals surface area contributed by atoms with E-state index in [-0.39, 0.29) is 11.8 Å². The molecule has 0 saturated carbocycles. The van der Waals surface area contributed by atoms with E-state index in [4.69, 9.17) is 0 Å². The van der Waals surface area contributed by atoms with Crippen molar-refractivity contribution in [1.29, 1.82) is 0 Å². The van der Waals surface area contributed by atoms with E-state index in [0.29, 0.717) is 12.8 Å². The molecule has 0 aromatic rings. The molecule has 0 spiro atoms. The summed E-state index contributed by atoms with van der Waals surface area (Å²) >= 11 is 0. The van der Waals surface area contributed by atoms with Gasteiger partial charge < -0.3 is 0 Å². The quantitative estimate of drug-likeness (QED) is 0.573. The second kappa shape index (κ2) is 4.04. The van der Waals surface area contributed by atoms with Crippen molar-refractivity contribution in [3.8, 4) is 0 Å². The second-order valence-corrected chi connectivity index (χ2v) is 2.05. The molecule has 0 N–H and O–H groups in total. The molecule has 0 unspecified atom stereocenters. The minimum Gasteiger partial charge on any atom is -0.286 e. The molecule has 0 fully saturated rings. The maximum atomic E-state index is 10.8. The number of carbonyl (C=O) groups excluding carboxylic acids is 2. The molecule has 0 aliphatic rings. The van der Waals surface area contributed by atoms with Crippen LogP contribution in [0.1, 0.15) is 26.7 Å². The summed E-state index contributed by atoms with van der Waals surface area (Å²) in [5, 5.41) is 0. The summed E-state index contributed by atoms with van der Waals surface area (Å²) in [6.07, 6.45) is 0.782. The summed E-state index contributed by atoms with van der Waals surface area (Å²) in [6, 6.07) is 0. The van der Waals surface area contributed by atoms with Crippen LogP contribution < -0.4 is 0 Å². The summed E-state index contributed by atoms with van der Waals surface area (Å²) in [5.74, 6) is -0.237. The highest BCUT2D eigenvalue weighted by Crippen LogP contribution is 1.93. The third-order valence-electron chi connectivity index (χ3n) is 1.35. The lowest BCUT2D eigenvalue weighted by Gasteiger charge is -2.12. The van der Waals surface area contributed by atoms with Gasteiger partial charge in [-0.2, -0.15) is 0 Å². The van der Waals surface area contributed by atoms with E-state index < -0.39 is 0 Å². The number of hydrogen-bond acceptors (Lipinski definition) is 2.